The lowest BCUT2D eigenvalue weighted by Crippen LogP contribution is -2.12. The van der Waals surface area contributed by atoms with Crippen LogP contribution in [0.2, 0.25) is 0 Å². The molecular weight excluding hydrogens is 220 g/mol. The first-order valence-corrected chi connectivity index (χ1v) is 6.48. The predicted octanol–water partition coefficient (Wildman–Crippen LogP) is 3.20. The summed E-state index contributed by atoms with van der Waals surface area (Å²) in [4.78, 5) is 10.3. The summed E-state index contributed by atoms with van der Waals surface area (Å²) in [6.45, 7) is 0. The molecule has 0 radical (unpaired) electrons. The van der Waals surface area contributed by atoms with Crippen LogP contribution in [0.3, 0.4) is 0 Å². The number of carboxylic acids is 1. The normalized spacial score (nSPS) is 11.0. The van der Waals surface area contributed by atoms with Gasteiger partial charge in [0.05, 0.1) is 0 Å². The molecule has 0 saturated heterocycles. The number of hydrogen-bond acceptors (Lipinski definition) is 3. The third-order valence-electron chi connectivity index (χ3n) is 2.86. The average molecular weight is 246 g/mol. The van der Waals surface area contributed by atoms with Crippen molar-refractivity contribution in [3.8, 4) is 0 Å². The van der Waals surface area contributed by atoms with Gasteiger partial charge >= 0.3 is 5.97 Å². The Morgan fingerprint density at radius 3 is 1.88 bits per heavy atom. The van der Waals surface area contributed by atoms with Crippen molar-refractivity contribution in [1.82, 2.24) is 0 Å². The molecule has 0 aliphatic rings. The standard InChI is InChI=1S/C13H26O4/c1-16-13(17-2)11-9-7-5-3-4-6-8-10-12(14)15/h13H,3-11H2,1-2H3,(H,14,15). The van der Waals surface area contributed by atoms with Gasteiger partial charge in [0.2, 0.25) is 0 Å². The minimum Gasteiger partial charge on any atom is -0.481 e. The van der Waals surface area contributed by atoms with Gasteiger partial charge in [-0.05, 0) is 19.3 Å². The fraction of sp³-hybridized carbons (Fsp3) is 0.923. The van der Waals surface area contributed by atoms with Gasteiger partial charge in [-0.25, -0.2) is 0 Å². The first kappa shape index (κ1) is 16.4. The number of aliphatic carboxylic acids is 1. The fourth-order valence-corrected chi connectivity index (χ4v) is 1.80. The molecule has 1 N–H and O–H groups in total. The van der Waals surface area contributed by atoms with Crippen LogP contribution in [-0.4, -0.2) is 31.6 Å². The van der Waals surface area contributed by atoms with Crippen molar-refractivity contribution in [2.75, 3.05) is 14.2 Å². The smallest absolute Gasteiger partial charge is 0.303 e. The van der Waals surface area contributed by atoms with E-state index in [-0.39, 0.29) is 6.29 Å². The molecule has 0 rings (SSSR count). The van der Waals surface area contributed by atoms with Crippen LogP contribution in [0, 0.1) is 0 Å². The second kappa shape index (κ2) is 11.9. The van der Waals surface area contributed by atoms with E-state index in [1.54, 1.807) is 14.2 Å². The monoisotopic (exact) mass is 246 g/mol. The third-order valence-corrected chi connectivity index (χ3v) is 2.86. The first-order valence-electron chi connectivity index (χ1n) is 6.48. The quantitative estimate of drug-likeness (QED) is 0.424. The van der Waals surface area contributed by atoms with Gasteiger partial charge in [-0.2, -0.15) is 0 Å². The van der Waals surface area contributed by atoms with Crippen LogP contribution in [0.5, 0.6) is 0 Å². The van der Waals surface area contributed by atoms with Gasteiger partial charge in [-0.3, -0.25) is 4.79 Å². The summed E-state index contributed by atoms with van der Waals surface area (Å²) in [5.41, 5.74) is 0. The minimum atomic E-state index is -0.685. The van der Waals surface area contributed by atoms with Gasteiger partial charge in [0, 0.05) is 20.6 Å². The first-order chi connectivity index (χ1) is 8.20. The number of carboxylic acid groups (broad SMARTS) is 1. The van der Waals surface area contributed by atoms with Crippen molar-refractivity contribution in [1.29, 1.82) is 0 Å². The van der Waals surface area contributed by atoms with Crippen LogP contribution in [0.1, 0.15) is 57.8 Å². The SMILES string of the molecule is COC(CCCCCCCCCC(=O)O)OC. The number of hydrogen-bond donors (Lipinski definition) is 1. The molecule has 4 nitrogen and oxygen atoms in total. The summed E-state index contributed by atoms with van der Waals surface area (Å²) in [6, 6.07) is 0. The van der Waals surface area contributed by atoms with Gasteiger partial charge in [0.25, 0.3) is 0 Å². The summed E-state index contributed by atoms with van der Waals surface area (Å²) < 4.78 is 10.2. The van der Waals surface area contributed by atoms with E-state index >= 15 is 0 Å². The summed E-state index contributed by atoms with van der Waals surface area (Å²) in [6.07, 6.45) is 8.92. The van der Waals surface area contributed by atoms with E-state index in [2.05, 4.69) is 0 Å². The summed E-state index contributed by atoms with van der Waals surface area (Å²) >= 11 is 0. The lowest BCUT2D eigenvalue weighted by molar-refractivity contribution is -0.137. The second-order valence-electron chi connectivity index (χ2n) is 4.31. The molecule has 4 heteroatoms. The lowest BCUT2D eigenvalue weighted by Gasteiger charge is -2.12. The van der Waals surface area contributed by atoms with Crippen LogP contribution in [0.15, 0.2) is 0 Å². The molecule has 0 aliphatic carbocycles. The van der Waals surface area contributed by atoms with E-state index in [1.807, 2.05) is 0 Å². The van der Waals surface area contributed by atoms with Crippen LogP contribution in [0.4, 0.5) is 0 Å². The van der Waals surface area contributed by atoms with E-state index in [0.29, 0.717) is 6.42 Å². The number of rotatable bonds is 12. The highest BCUT2D eigenvalue weighted by atomic mass is 16.7. The number of methoxy groups -OCH3 is 2. The average Bonchev–Trinajstić information content (AvgIpc) is 2.31. The maximum Gasteiger partial charge on any atom is 0.303 e. The molecule has 0 aromatic rings. The summed E-state index contributed by atoms with van der Waals surface area (Å²) in [7, 11) is 3.33. The van der Waals surface area contributed by atoms with Crippen LogP contribution in [-0.2, 0) is 14.3 Å². The Bertz CT molecular complexity index is 178. The fourth-order valence-electron chi connectivity index (χ4n) is 1.80. The Morgan fingerprint density at radius 1 is 0.941 bits per heavy atom. The second-order valence-corrected chi connectivity index (χ2v) is 4.31. The summed E-state index contributed by atoms with van der Waals surface area (Å²) in [5.74, 6) is -0.685. The number of unbranched alkanes of at least 4 members (excludes halogenated alkanes) is 6. The Balaban J connectivity index is 3.10. The molecule has 0 fully saturated rings. The van der Waals surface area contributed by atoms with Crippen LogP contribution < -0.4 is 0 Å². The molecule has 0 amide bonds. The van der Waals surface area contributed by atoms with Crippen LogP contribution in [0.25, 0.3) is 0 Å². The molecule has 0 aromatic heterocycles. The molecule has 0 spiro atoms. The van der Waals surface area contributed by atoms with Crippen LogP contribution >= 0.6 is 0 Å². The van der Waals surface area contributed by atoms with Crippen molar-refractivity contribution in [2.24, 2.45) is 0 Å². The van der Waals surface area contributed by atoms with E-state index < -0.39 is 5.97 Å². The zero-order chi connectivity index (χ0) is 12.9. The molecule has 17 heavy (non-hydrogen) atoms. The lowest BCUT2D eigenvalue weighted by atomic mass is 10.1. The van der Waals surface area contributed by atoms with Gasteiger partial charge in [0.15, 0.2) is 6.29 Å². The maximum absolute atomic E-state index is 10.3. The minimum absolute atomic E-state index is 0.0643. The van der Waals surface area contributed by atoms with Gasteiger partial charge in [-0.15, -0.1) is 0 Å². The van der Waals surface area contributed by atoms with Crippen molar-refractivity contribution in [3.05, 3.63) is 0 Å². The molecular formula is C13H26O4. The van der Waals surface area contributed by atoms with Gasteiger partial charge < -0.3 is 14.6 Å². The number of ether oxygens (including phenoxy) is 2. The van der Waals surface area contributed by atoms with E-state index in [1.165, 1.54) is 19.3 Å². The topological polar surface area (TPSA) is 55.8 Å². The molecule has 0 aliphatic heterocycles. The van der Waals surface area contributed by atoms with Crippen molar-refractivity contribution < 1.29 is 19.4 Å². The zero-order valence-corrected chi connectivity index (χ0v) is 11.1. The van der Waals surface area contributed by atoms with Gasteiger partial charge in [0.1, 0.15) is 0 Å². The van der Waals surface area contributed by atoms with E-state index in [9.17, 15) is 4.79 Å². The largest absolute Gasteiger partial charge is 0.481 e. The van der Waals surface area contributed by atoms with Crippen molar-refractivity contribution >= 4 is 5.97 Å². The molecule has 0 bridgehead atoms. The third kappa shape index (κ3) is 11.6. The molecule has 0 atom stereocenters. The maximum atomic E-state index is 10.3. The Hall–Kier alpha value is -0.610. The predicted molar refractivity (Wildman–Crippen MR) is 67.0 cm³/mol. The van der Waals surface area contributed by atoms with E-state index in [0.717, 1.165) is 32.1 Å². The highest BCUT2D eigenvalue weighted by molar-refractivity contribution is 5.66. The van der Waals surface area contributed by atoms with Crippen molar-refractivity contribution in [3.63, 3.8) is 0 Å². The van der Waals surface area contributed by atoms with Gasteiger partial charge in [-0.1, -0.05) is 32.1 Å². The summed E-state index contributed by atoms with van der Waals surface area (Å²) in [5, 5.41) is 8.46. The Morgan fingerprint density at radius 2 is 1.41 bits per heavy atom. The van der Waals surface area contributed by atoms with Crippen molar-refractivity contribution in [2.45, 2.75) is 64.1 Å². The zero-order valence-electron chi connectivity index (χ0n) is 11.1. The number of carbonyl (C=O) groups is 1. The highest BCUT2D eigenvalue weighted by Crippen LogP contribution is 2.11. The molecule has 0 unspecified atom stereocenters. The van der Waals surface area contributed by atoms with E-state index in [4.69, 9.17) is 14.6 Å². The molecule has 0 aromatic carbocycles. The molecule has 102 valence electrons. The molecule has 0 saturated carbocycles. The highest BCUT2D eigenvalue weighted by Gasteiger charge is 2.03. The molecule has 0 heterocycles. The Labute approximate surface area is 104 Å². The Kier molecular flexibility index (Phi) is 11.4.